The van der Waals surface area contributed by atoms with Crippen LogP contribution in [-0.2, 0) is 14.3 Å². The van der Waals surface area contributed by atoms with Gasteiger partial charge < -0.3 is 25.6 Å². The lowest BCUT2D eigenvalue weighted by molar-refractivity contribution is -0.154. The molecule has 0 aliphatic carbocycles. The van der Waals surface area contributed by atoms with E-state index < -0.39 is 12.1 Å². The topological polar surface area (TPSA) is 120 Å². The summed E-state index contributed by atoms with van der Waals surface area (Å²) in [4.78, 5) is 42.2. The number of carbonyl (C=O) groups is 3. The molecule has 0 saturated carbocycles. The number of urea groups is 1. The van der Waals surface area contributed by atoms with Crippen molar-refractivity contribution in [3.63, 3.8) is 0 Å². The SMILES string of the molecule is CN1CCN(C(=O)N[C@@H](CC(N)=S)C(=O)N2CCC[C@@H](C(=O)OCC(C)(C)C)N2)CC1. The van der Waals surface area contributed by atoms with Crippen molar-refractivity contribution in [1.29, 1.82) is 0 Å². The fourth-order valence-electron chi connectivity index (χ4n) is 3.34. The minimum atomic E-state index is -0.901. The van der Waals surface area contributed by atoms with Gasteiger partial charge in [0.1, 0.15) is 12.1 Å². The van der Waals surface area contributed by atoms with Crippen LogP contribution in [0.15, 0.2) is 0 Å². The first kappa shape index (κ1) is 25.3. The number of carbonyl (C=O) groups excluding carboxylic acids is 3. The smallest absolute Gasteiger partial charge is 0.324 e. The number of likely N-dealkylation sites (N-methyl/N-ethyl adjacent to an activating group) is 1. The van der Waals surface area contributed by atoms with Gasteiger partial charge in [-0.3, -0.25) is 14.6 Å². The number of hydrogen-bond donors (Lipinski definition) is 3. The maximum Gasteiger partial charge on any atom is 0.324 e. The molecule has 3 amide bonds. The van der Waals surface area contributed by atoms with Crippen molar-refractivity contribution in [3.05, 3.63) is 0 Å². The largest absolute Gasteiger partial charge is 0.464 e. The maximum absolute atomic E-state index is 13.1. The zero-order chi connectivity index (χ0) is 23.2. The lowest BCUT2D eigenvalue weighted by atomic mass is 9.98. The van der Waals surface area contributed by atoms with Crippen molar-refractivity contribution in [1.82, 2.24) is 25.6 Å². The summed E-state index contributed by atoms with van der Waals surface area (Å²) in [5.74, 6) is -0.761. The van der Waals surface area contributed by atoms with E-state index in [4.69, 9.17) is 22.7 Å². The van der Waals surface area contributed by atoms with E-state index in [1.54, 1.807) is 4.90 Å². The molecule has 0 aromatic carbocycles. The van der Waals surface area contributed by atoms with E-state index in [0.717, 1.165) is 13.1 Å². The Bertz CT molecular complexity index is 675. The van der Waals surface area contributed by atoms with Crippen LogP contribution in [-0.4, -0.2) is 96.2 Å². The lowest BCUT2D eigenvalue weighted by Crippen LogP contribution is -2.62. The monoisotopic (exact) mass is 456 g/mol. The molecule has 0 radical (unpaired) electrons. The summed E-state index contributed by atoms with van der Waals surface area (Å²) < 4.78 is 5.39. The molecule has 0 unspecified atom stereocenters. The van der Waals surface area contributed by atoms with E-state index in [1.165, 1.54) is 5.01 Å². The number of amides is 3. The molecule has 0 aromatic rings. The van der Waals surface area contributed by atoms with Crippen molar-refractivity contribution in [3.8, 4) is 0 Å². The number of piperazine rings is 1. The standard InChI is InChI=1S/C20H36N6O4S/c1-20(2,3)13-30-18(28)14-6-5-7-26(23-14)17(27)15(12-16(21)31)22-19(29)25-10-8-24(4)9-11-25/h14-15,23H,5-13H2,1-4H3,(H2,21,31)(H,22,29)/t14-,15-/m0/s1. The summed E-state index contributed by atoms with van der Waals surface area (Å²) in [7, 11) is 2.00. The lowest BCUT2D eigenvalue weighted by Gasteiger charge is -2.36. The molecule has 2 fully saturated rings. The Hall–Kier alpha value is -1.98. The Balaban J connectivity index is 1.98. The average Bonchev–Trinajstić information content (AvgIpc) is 2.70. The summed E-state index contributed by atoms with van der Waals surface area (Å²) in [6.07, 6.45) is 1.26. The zero-order valence-electron chi connectivity index (χ0n) is 19.0. The van der Waals surface area contributed by atoms with Crippen LogP contribution in [0.1, 0.15) is 40.0 Å². The van der Waals surface area contributed by atoms with Gasteiger partial charge in [-0.25, -0.2) is 10.2 Å². The number of hydrazine groups is 1. The number of thiocarbonyl (C=S) groups is 1. The second-order valence-corrected chi connectivity index (χ2v) is 9.97. The van der Waals surface area contributed by atoms with Crippen molar-refractivity contribution >= 4 is 35.1 Å². The Morgan fingerprint density at radius 3 is 2.42 bits per heavy atom. The van der Waals surface area contributed by atoms with Gasteiger partial charge in [0.25, 0.3) is 5.91 Å². The van der Waals surface area contributed by atoms with E-state index in [0.29, 0.717) is 39.1 Å². The first-order valence-electron chi connectivity index (χ1n) is 10.7. The van der Waals surface area contributed by atoms with E-state index >= 15 is 0 Å². The third-order valence-corrected chi connectivity index (χ3v) is 5.34. The molecule has 0 spiro atoms. The highest BCUT2D eigenvalue weighted by atomic mass is 32.1. The number of rotatable bonds is 6. The average molecular weight is 457 g/mol. The van der Waals surface area contributed by atoms with Crippen LogP contribution >= 0.6 is 12.2 Å². The van der Waals surface area contributed by atoms with Crippen molar-refractivity contribution < 1.29 is 19.1 Å². The second-order valence-electron chi connectivity index (χ2n) is 9.44. The number of hydrogen-bond acceptors (Lipinski definition) is 7. The van der Waals surface area contributed by atoms with Gasteiger partial charge in [-0.2, -0.15) is 0 Å². The van der Waals surface area contributed by atoms with Gasteiger partial charge in [-0.05, 0) is 25.3 Å². The third-order valence-electron chi connectivity index (χ3n) is 5.18. The summed E-state index contributed by atoms with van der Waals surface area (Å²) >= 11 is 4.99. The molecule has 2 rings (SSSR count). The fraction of sp³-hybridized carbons (Fsp3) is 0.800. The van der Waals surface area contributed by atoms with Crippen molar-refractivity contribution in [2.45, 2.75) is 52.1 Å². The quantitative estimate of drug-likeness (QED) is 0.379. The molecule has 2 atom stereocenters. The van der Waals surface area contributed by atoms with Crippen LogP contribution in [0, 0.1) is 5.41 Å². The van der Waals surface area contributed by atoms with Gasteiger partial charge in [-0.15, -0.1) is 0 Å². The minimum absolute atomic E-state index is 0.0466. The highest BCUT2D eigenvalue weighted by Crippen LogP contribution is 2.16. The van der Waals surface area contributed by atoms with Gasteiger partial charge in [0.05, 0.1) is 11.6 Å². The van der Waals surface area contributed by atoms with Gasteiger partial charge >= 0.3 is 12.0 Å². The predicted molar refractivity (Wildman–Crippen MR) is 121 cm³/mol. The first-order chi connectivity index (χ1) is 14.5. The van der Waals surface area contributed by atoms with Crippen molar-refractivity contribution in [2.24, 2.45) is 11.1 Å². The predicted octanol–water partition coefficient (Wildman–Crippen LogP) is 0.0731. The third kappa shape index (κ3) is 8.23. The highest BCUT2D eigenvalue weighted by Gasteiger charge is 2.34. The number of nitrogens with two attached hydrogens (primary N) is 1. The van der Waals surface area contributed by atoms with Crippen molar-refractivity contribution in [2.75, 3.05) is 46.4 Å². The van der Waals surface area contributed by atoms with Gasteiger partial charge in [0.15, 0.2) is 0 Å². The molecule has 0 bridgehead atoms. The Morgan fingerprint density at radius 2 is 1.84 bits per heavy atom. The summed E-state index contributed by atoms with van der Waals surface area (Å²) in [6.45, 7) is 9.36. The van der Waals surface area contributed by atoms with E-state index in [9.17, 15) is 14.4 Å². The number of esters is 1. The molecule has 31 heavy (non-hydrogen) atoms. The van der Waals surface area contributed by atoms with E-state index in [-0.39, 0.29) is 34.7 Å². The normalized spacial score (nSPS) is 21.4. The molecule has 2 aliphatic heterocycles. The van der Waals surface area contributed by atoms with Crippen LogP contribution in [0.25, 0.3) is 0 Å². The number of ether oxygens (including phenoxy) is 1. The van der Waals surface area contributed by atoms with Crippen LogP contribution in [0.2, 0.25) is 0 Å². The van der Waals surface area contributed by atoms with Crippen LogP contribution in [0.4, 0.5) is 4.79 Å². The summed E-state index contributed by atoms with van der Waals surface area (Å²) in [5, 5.41) is 4.15. The van der Waals surface area contributed by atoms with Gasteiger partial charge in [-0.1, -0.05) is 33.0 Å². The number of nitrogens with zero attached hydrogens (tertiary/aromatic N) is 3. The molecule has 2 saturated heterocycles. The molecular formula is C20H36N6O4S. The zero-order valence-corrected chi connectivity index (χ0v) is 19.8. The summed E-state index contributed by atoms with van der Waals surface area (Å²) in [6, 6.07) is -1.83. The summed E-state index contributed by atoms with van der Waals surface area (Å²) in [5.41, 5.74) is 8.50. The Labute approximate surface area is 189 Å². The molecule has 2 heterocycles. The van der Waals surface area contributed by atoms with Gasteiger partial charge in [0.2, 0.25) is 0 Å². The van der Waals surface area contributed by atoms with E-state index in [2.05, 4.69) is 15.6 Å². The van der Waals surface area contributed by atoms with Crippen LogP contribution in [0.3, 0.4) is 0 Å². The molecule has 0 aromatic heterocycles. The molecular weight excluding hydrogens is 420 g/mol. The van der Waals surface area contributed by atoms with Crippen LogP contribution in [0.5, 0.6) is 0 Å². The van der Waals surface area contributed by atoms with E-state index in [1.807, 2.05) is 27.8 Å². The maximum atomic E-state index is 13.1. The molecule has 2 aliphatic rings. The first-order valence-corrected chi connectivity index (χ1v) is 11.1. The highest BCUT2D eigenvalue weighted by molar-refractivity contribution is 7.80. The Morgan fingerprint density at radius 1 is 1.19 bits per heavy atom. The second kappa shape index (κ2) is 11.1. The van der Waals surface area contributed by atoms with Gasteiger partial charge in [0, 0.05) is 39.1 Å². The fourth-order valence-corrected chi connectivity index (χ4v) is 3.51. The Kier molecular flexibility index (Phi) is 9.01. The molecule has 11 heteroatoms. The number of nitrogens with one attached hydrogen (secondary N) is 2. The molecule has 176 valence electrons. The molecule has 10 nitrogen and oxygen atoms in total. The molecule has 4 N–H and O–H groups in total. The minimum Gasteiger partial charge on any atom is -0.464 e. The van der Waals surface area contributed by atoms with Crippen LogP contribution < -0.4 is 16.5 Å².